The second kappa shape index (κ2) is 11.2. The number of anilines is 1. The first kappa shape index (κ1) is 24.5. The minimum Gasteiger partial charge on any atom is -0.493 e. The van der Waals surface area contributed by atoms with E-state index in [1.807, 2.05) is 26.0 Å². The van der Waals surface area contributed by atoms with Crippen LogP contribution in [0.2, 0.25) is 5.02 Å². The summed E-state index contributed by atoms with van der Waals surface area (Å²) in [7, 11) is 1.58. The van der Waals surface area contributed by atoms with Gasteiger partial charge >= 0.3 is 0 Å². The van der Waals surface area contributed by atoms with Crippen molar-refractivity contribution in [1.82, 2.24) is 4.90 Å². The maximum absolute atomic E-state index is 13.1. The van der Waals surface area contributed by atoms with Crippen molar-refractivity contribution in [2.75, 3.05) is 38.3 Å². The zero-order chi connectivity index (χ0) is 24.1. The topological polar surface area (TPSA) is 54.4 Å². The third-order valence-electron chi connectivity index (χ3n) is 5.87. The molecular weight excluding hydrogens is 470 g/mol. The first-order valence-corrected chi connectivity index (χ1v) is 12.9. The molecule has 1 amide bonds. The van der Waals surface area contributed by atoms with E-state index in [-0.39, 0.29) is 5.91 Å². The Labute approximate surface area is 210 Å². The molecule has 2 aromatic carbocycles. The van der Waals surface area contributed by atoms with Crippen molar-refractivity contribution in [3.8, 4) is 11.5 Å². The van der Waals surface area contributed by atoms with Gasteiger partial charge in [0.2, 0.25) is 0 Å². The first-order valence-electron chi connectivity index (χ1n) is 11.7. The third-order valence-corrected chi connectivity index (χ3v) is 7.20. The highest BCUT2D eigenvalue weighted by molar-refractivity contribution is 8.18. The van der Waals surface area contributed by atoms with Crippen LogP contribution < -0.4 is 14.4 Å². The summed E-state index contributed by atoms with van der Waals surface area (Å²) in [6, 6.07) is 11.8. The van der Waals surface area contributed by atoms with Crippen LogP contribution in [0.4, 0.5) is 11.4 Å². The van der Waals surface area contributed by atoms with E-state index in [2.05, 4.69) is 17.0 Å². The van der Waals surface area contributed by atoms with Gasteiger partial charge in [0.25, 0.3) is 5.91 Å². The molecule has 2 saturated heterocycles. The lowest BCUT2D eigenvalue weighted by atomic mass is 10.1. The fourth-order valence-corrected chi connectivity index (χ4v) is 5.36. The van der Waals surface area contributed by atoms with Crippen LogP contribution in [0.3, 0.4) is 0 Å². The molecule has 2 heterocycles. The number of rotatable bonds is 7. The number of carbonyl (C=O) groups is 1. The highest BCUT2D eigenvalue weighted by Gasteiger charge is 2.32. The average Bonchev–Trinajstić information content (AvgIpc) is 3.15. The number of benzene rings is 2. The number of nitrogens with zero attached hydrogens (tertiary/aromatic N) is 3. The molecule has 4 rings (SSSR count). The Morgan fingerprint density at radius 3 is 2.47 bits per heavy atom. The summed E-state index contributed by atoms with van der Waals surface area (Å²) in [5.41, 5.74) is 2.75. The van der Waals surface area contributed by atoms with E-state index >= 15 is 0 Å². The van der Waals surface area contributed by atoms with Gasteiger partial charge in [0.1, 0.15) is 0 Å². The predicted octanol–water partition coefficient (Wildman–Crippen LogP) is 6.36. The molecule has 2 fully saturated rings. The summed E-state index contributed by atoms with van der Waals surface area (Å²) in [6.07, 6.45) is 5.59. The van der Waals surface area contributed by atoms with Gasteiger partial charge < -0.3 is 14.4 Å². The largest absolute Gasteiger partial charge is 0.493 e. The van der Waals surface area contributed by atoms with Gasteiger partial charge in [0.05, 0.1) is 29.3 Å². The van der Waals surface area contributed by atoms with Gasteiger partial charge in [-0.3, -0.25) is 9.69 Å². The number of hydrogen-bond acceptors (Lipinski definition) is 6. The lowest BCUT2D eigenvalue weighted by Crippen LogP contribution is -2.29. The number of likely N-dealkylation sites (N-methyl/N-ethyl adjacent to an activating group) is 1. The Morgan fingerprint density at radius 2 is 1.82 bits per heavy atom. The molecule has 180 valence electrons. The van der Waals surface area contributed by atoms with Crippen LogP contribution in [0.5, 0.6) is 11.5 Å². The second-order valence-electron chi connectivity index (χ2n) is 8.08. The number of amidine groups is 1. The summed E-state index contributed by atoms with van der Waals surface area (Å²) in [6.45, 7) is 7.10. The summed E-state index contributed by atoms with van der Waals surface area (Å²) in [5.74, 6) is 1.07. The van der Waals surface area contributed by atoms with Crippen LogP contribution in [0.15, 0.2) is 46.3 Å². The van der Waals surface area contributed by atoms with Crippen LogP contribution in [-0.4, -0.2) is 49.3 Å². The minimum atomic E-state index is -0.0832. The van der Waals surface area contributed by atoms with Gasteiger partial charge in [0.15, 0.2) is 16.7 Å². The second-order valence-corrected chi connectivity index (χ2v) is 9.49. The van der Waals surface area contributed by atoms with Crippen molar-refractivity contribution in [2.24, 2.45) is 4.99 Å². The molecule has 0 aliphatic carbocycles. The monoisotopic (exact) mass is 499 g/mol. The quantitative estimate of drug-likeness (QED) is 0.415. The SMILES string of the molecule is CCOc1cc(Cl)c(/C=C2\SC(=Nc3ccc(N4CCCCC4)cc3)N(CC)C2=O)cc1OC. The number of ether oxygens (including phenoxy) is 2. The zero-order valence-electron chi connectivity index (χ0n) is 19.8. The number of halogens is 1. The van der Waals surface area contributed by atoms with Crippen molar-refractivity contribution >= 4 is 51.9 Å². The standard InChI is InChI=1S/C26H30ClN3O3S/c1-4-30-25(31)24(16-18-15-22(32-3)23(33-5-2)17-21(18)27)34-26(30)28-19-9-11-20(12-10-19)29-13-7-6-8-14-29/h9-12,15-17H,4-8,13-14H2,1-3H3/b24-16-,28-26?. The highest BCUT2D eigenvalue weighted by Crippen LogP contribution is 2.38. The molecule has 2 aliphatic heterocycles. The van der Waals surface area contributed by atoms with Crippen LogP contribution in [-0.2, 0) is 4.79 Å². The Bertz CT molecular complexity index is 1100. The maximum Gasteiger partial charge on any atom is 0.266 e. The van der Waals surface area contributed by atoms with Crippen LogP contribution >= 0.6 is 23.4 Å². The minimum absolute atomic E-state index is 0.0832. The van der Waals surface area contributed by atoms with E-state index in [9.17, 15) is 4.79 Å². The smallest absolute Gasteiger partial charge is 0.266 e. The molecule has 0 saturated carbocycles. The normalized spacial score (nSPS) is 18.8. The van der Waals surface area contributed by atoms with E-state index in [0.29, 0.717) is 45.3 Å². The van der Waals surface area contributed by atoms with Gasteiger partial charge in [-0.05, 0) is 86.8 Å². The predicted molar refractivity (Wildman–Crippen MR) is 142 cm³/mol. The number of carbonyl (C=O) groups excluding carboxylic acids is 1. The van der Waals surface area contributed by atoms with Gasteiger partial charge in [-0.15, -0.1) is 0 Å². The molecule has 0 radical (unpaired) electrons. The molecule has 34 heavy (non-hydrogen) atoms. The molecule has 2 aromatic rings. The van der Waals surface area contributed by atoms with Crippen LogP contribution in [0, 0.1) is 0 Å². The fraction of sp³-hybridized carbons (Fsp3) is 0.385. The van der Waals surface area contributed by atoms with E-state index in [1.54, 1.807) is 30.2 Å². The van der Waals surface area contributed by atoms with Crippen molar-refractivity contribution in [3.05, 3.63) is 51.9 Å². The van der Waals surface area contributed by atoms with Gasteiger partial charge in [0, 0.05) is 31.4 Å². The van der Waals surface area contributed by atoms with Crippen LogP contribution in [0.1, 0.15) is 38.7 Å². The average molecular weight is 500 g/mol. The number of piperidine rings is 1. The fourth-order valence-electron chi connectivity index (χ4n) is 4.10. The van der Waals surface area contributed by atoms with Crippen molar-refractivity contribution < 1.29 is 14.3 Å². The Morgan fingerprint density at radius 1 is 1.09 bits per heavy atom. The molecule has 0 aromatic heterocycles. The summed E-state index contributed by atoms with van der Waals surface area (Å²) in [5, 5.41) is 1.16. The molecule has 0 spiro atoms. The molecule has 0 unspecified atom stereocenters. The molecule has 8 heteroatoms. The van der Waals surface area contributed by atoms with Crippen LogP contribution in [0.25, 0.3) is 6.08 Å². The zero-order valence-corrected chi connectivity index (χ0v) is 21.4. The number of thioether (sulfide) groups is 1. The van der Waals surface area contributed by atoms with Crippen molar-refractivity contribution in [3.63, 3.8) is 0 Å². The van der Waals surface area contributed by atoms with E-state index in [0.717, 1.165) is 18.8 Å². The van der Waals surface area contributed by atoms with Gasteiger partial charge in [-0.2, -0.15) is 0 Å². The third kappa shape index (κ3) is 5.36. The number of aliphatic imine (C=N–C) groups is 1. The molecular formula is C26H30ClN3O3S. The molecule has 6 nitrogen and oxygen atoms in total. The Balaban J connectivity index is 1.58. The maximum atomic E-state index is 13.1. The van der Waals surface area contributed by atoms with Crippen molar-refractivity contribution in [2.45, 2.75) is 33.1 Å². The lowest BCUT2D eigenvalue weighted by molar-refractivity contribution is -0.122. The summed E-state index contributed by atoms with van der Waals surface area (Å²) in [4.78, 5) is 22.5. The Kier molecular flexibility index (Phi) is 8.06. The molecule has 0 N–H and O–H groups in total. The molecule has 0 atom stereocenters. The van der Waals surface area contributed by atoms with E-state index < -0.39 is 0 Å². The summed E-state index contributed by atoms with van der Waals surface area (Å²) < 4.78 is 11.0. The number of hydrogen-bond donors (Lipinski definition) is 0. The first-order chi connectivity index (χ1) is 16.5. The summed E-state index contributed by atoms with van der Waals surface area (Å²) >= 11 is 7.84. The van der Waals surface area contributed by atoms with Crippen molar-refractivity contribution in [1.29, 1.82) is 0 Å². The van der Waals surface area contributed by atoms with Gasteiger partial charge in [-0.25, -0.2) is 4.99 Å². The molecule has 0 bridgehead atoms. The van der Waals surface area contributed by atoms with Gasteiger partial charge in [-0.1, -0.05) is 11.6 Å². The molecule has 2 aliphatic rings. The number of methoxy groups -OCH3 is 1. The lowest BCUT2D eigenvalue weighted by Gasteiger charge is -2.28. The highest BCUT2D eigenvalue weighted by atomic mass is 35.5. The Hall–Kier alpha value is -2.64. The van der Waals surface area contributed by atoms with E-state index in [1.165, 1.54) is 36.7 Å². The number of amides is 1. The van der Waals surface area contributed by atoms with E-state index in [4.69, 9.17) is 26.1 Å².